The Hall–Kier alpha value is -1.53. The van der Waals surface area contributed by atoms with E-state index in [4.69, 9.17) is 5.73 Å². The highest BCUT2D eigenvalue weighted by Crippen LogP contribution is 2.33. The standard InChI is InChI=1S/C14H21F3N4/c1-8(2)9-5-3-4-6-10(9)19-12-7-11(14(15,16)17)20-13(18)21-12/h7-10H,3-6H2,1-2H3,(H3,18,19,20,21). The monoisotopic (exact) mass is 302 g/mol. The van der Waals surface area contributed by atoms with Crippen LogP contribution in [0.1, 0.15) is 45.2 Å². The second-order valence-electron chi connectivity index (χ2n) is 5.94. The number of hydrogen-bond acceptors (Lipinski definition) is 4. The predicted octanol–water partition coefficient (Wildman–Crippen LogP) is 3.70. The van der Waals surface area contributed by atoms with Crippen LogP contribution in [-0.4, -0.2) is 16.0 Å². The Morgan fingerprint density at radius 1 is 1.24 bits per heavy atom. The molecule has 1 heterocycles. The lowest BCUT2D eigenvalue weighted by atomic mass is 9.78. The van der Waals surface area contributed by atoms with E-state index in [0.29, 0.717) is 11.8 Å². The Morgan fingerprint density at radius 2 is 1.90 bits per heavy atom. The summed E-state index contributed by atoms with van der Waals surface area (Å²) in [5.41, 5.74) is 4.39. The van der Waals surface area contributed by atoms with Crippen molar-refractivity contribution < 1.29 is 13.2 Å². The molecule has 1 aliphatic rings. The number of nitrogen functional groups attached to an aromatic ring is 1. The van der Waals surface area contributed by atoms with Crippen molar-refractivity contribution in [2.24, 2.45) is 11.8 Å². The van der Waals surface area contributed by atoms with Crippen LogP contribution in [0.4, 0.5) is 24.9 Å². The Kier molecular flexibility index (Phi) is 4.58. The molecule has 1 saturated carbocycles. The number of nitrogens with one attached hydrogen (secondary N) is 1. The third-order valence-electron chi connectivity index (χ3n) is 4.04. The zero-order valence-electron chi connectivity index (χ0n) is 12.2. The molecule has 118 valence electrons. The van der Waals surface area contributed by atoms with Gasteiger partial charge in [0.1, 0.15) is 5.82 Å². The van der Waals surface area contributed by atoms with Crippen molar-refractivity contribution in [3.05, 3.63) is 11.8 Å². The van der Waals surface area contributed by atoms with Gasteiger partial charge in [-0.05, 0) is 24.7 Å². The summed E-state index contributed by atoms with van der Waals surface area (Å²) < 4.78 is 38.3. The third-order valence-corrected chi connectivity index (χ3v) is 4.04. The van der Waals surface area contributed by atoms with Crippen LogP contribution in [0.5, 0.6) is 0 Å². The molecule has 2 rings (SSSR count). The number of aromatic nitrogens is 2. The van der Waals surface area contributed by atoms with E-state index in [9.17, 15) is 13.2 Å². The van der Waals surface area contributed by atoms with Crippen LogP contribution in [0.25, 0.3) is 0 Å². The summed E-state index contributed by atoms with van der Waals surface area (Å²) in [6.07, 6.45) is -0.248. The number of nitrogens with two attached hydrogens (primary N) is 1. The van der Waals surface area contributed by atoms with Crippen molar-refractivity contribution in [3.8, 4) is 0 Å². The number of anilines is 2. The molecule has 0 aromatic carbocycles. The summed E-state index contributed by atoms with van der Waals surface area (Å²) in [6, 6.07) is 1.07. The quantitative estimate of drug-likeness (QED) is 0.893. The first-order valence-corrected chi connectivity index (χ1v) is 7.25. The molecule has 1 aromatic heterocycles. The molecule has 1 fully saturated rings. The normalized spacial score (nSPS) is 23.3. The highest BCUT2D eigenvalue weighted by molar-refractivity contribution is 5.42. The van der Waals surface area contributed by atoms with Gasteiger partial charge in [0.25, 0.3) is 0 Å². The van der Waals surface area contributed by atoms with Crippen LogP contribution in [0.15, 0.2) is 6.07 Å². The van der Waals surface area contributed by atoms with E-state index in [0.717, 1.165) is 25.3 Å². The van der Waals surface area contributed by atoms with Gasteiger partial charge in [-0.1, -0.05) is 26.7 Å². The maximum absolute atomic E-state index is 12.8. The van der Waals surface area contributed by atoms with Gasteiger partial charge in [-0.15, -0.1) is 0 Å². The van der Waals surface area contributed by atoms with Crippen molar-refractivity contribution in [3.63, 3.8) is 0 Å². The maximum atomic E-state index is 12.8. The van der Waals surface area contributed by atoms with Crippen LogP contribution in [0.2, 0.25) is 0 Å². The minimum atomic E-state index is -4.52. The van der Waals surface area contributed by atoms with E-state index >= 15 is 0 Å². The van der Waals surface area contributed by atoms with Gasteiger partial charge in [0, 0.05) is 12.1 Å². The average Bonchev–Trinajstić information content (AvgIpc) is 2.37. The van der Waals surface area contributed by atoms with E-state index in [1.54, 1.807) is 0 Å². The maximum Gasteiger partial charge on any atom is 0.433 e. The SMILES string of the molecule is CC(C)C1CCCCC1Nc1cc(C(F)(F)F)nc(N)n1. The lowest BCUT2D eigenvalue weighted by Gasteiger charge is -2.35. The molecule has 4 nitrogen and oxygen atoms in total. The van der Waals surface area contributed by atoms with Gasteiger partial charge in [0.15, 0.2) is 5.69 Å². The molecule has 2 atom stereocenters. The van der Waals surface area contributed by atoms with E-state index in [2.05, 4.69) is 29.1 Å². The Balaban J connectivity index is 2.20. The summed E-state index contributed by atoms with van der Waals surface area (Å²) in [5, 5.41) is 3.13. The first-order valence-electron chi connectivity index (χ1n) is 7.25. The fourth-order valence-electron chi connectivity index (χ4n) is 3.01. The van der Waals surface area contributed by atoms with Gasteiger partial charge in [-0.25, -0.2) is 4.98 Å². The molecule has 3 N–H and O–H groups in total. The smallest absolute Gasteiger partial charge is 0.368 e. The van der Waals surface area contributed by atoms with Gasteiger partial charge in [-0.2, -0.15) is 18.2 Å². The summed E-state index contributed by atoms with van der Waals surface area (Å²) in [6.45, 7) is 4.28. The van der Waals surface area contributed by atoms with Gasteiger partial charge < -0.3 is 11.1 Å². The third kappa shape index (κ3) is 3.98. The highest BCUT2D eigenvalue weighted by Gasteiger charge is 2.34. The predicted molar refractivity (Wildman–Crippen MR) is 75.7 cm³/mol. The van der Waals surface area contributed by atoms with Crippen molar-refractivity contribution in [2.75, 3.05) is 11.1 Å². The minimum absolute atomic E-state index is 0.133. The largest absolute Gasteiger partial charge is 0.433 e. The molecule has 0 spiro atoms. The second kappa shape index (κ2) is 6.07. The van der Waals surface area contributed by atoms with Crippen molar-refractivity contribution >= 4 is 11.8 Å². The number of alkyl halides is 3. The number of nitrogens with zero attached hydrogens (tertiary/aromatic N) is 2. The van der Waals surface area contributed by atoms with Gasteiger partial charge >= 0.3 is 6.18 Å². The summed E-state index contributed by atoms with van der Waals surface area (Å²) >= 11 is 0. The van der Waals surface area contributed by atoms with Crippen molar-refractivity contribution in [2.45, 2.75) is 51.7 Å². The molecule has 0 saturated heterocycles. The second-order valence-corrected chi connectivity index (χ2v) is 5.94. The molecule has 0 radical (unpaired) electrons. The number of rotatable bonds is 3. The van der Waals surface area contributed by atoms with Gasteiger partial charge in [0.05, 0.1) is 0 Å². The Labute approximate surface area is 122 Å². The van der Waals surface area contributed by atoms with Crippen LogP contribution in [0.3, 0.4) is 0 Å². The van der Waals surface area contributed by atoms with Crippen LogP contribution in [0, 0.1) is 11.8 Å². The van der Waals surface area contributed by atoms with Crippen LogP contribution >= 0.6 is 0 Å². The molecule has 0 aliphatic heterocycles. The Bertz CT molecular complexity index is 488. The fraction of sp³-hybridized carbons (Fsp3) is 0.714. The number of halogens is 3. The zero-order chi connectivity index (χ0) is 15.6. The molecule has 0 bridgehead atoms. The van der Waals surface area contributed by atoms with Crippen molar-refractivity contribution in [1.82, 2.24) is 9.97 Å². The van der Waals surface area contributed by atoms with E-state index < -0.39 is 11.9 Å². The Morgan fingerprint density at radius 3 is 2.52 bits per heavy atom. The molecule has 1 aromatic rings. The lowest BCUT2D eigenvalue weighted by Crippen LogP contribution is -2.35. The molecular weight excluding hydrogens is 281 g/mol. The van der Waals surface area contributed by atoms with E-state index in [1.165, 1.54) is 6.42 Å². The molecule has 0 amide bonds. The molecule has 21 heavy (non-hydrogen) atoms. The van der Waals surface area contributed by atoms with E-state index in [-0.39, 0.29) is 17.8 Å². The van der Waals surface area contributed by atoms with Crippen LogP contribution in [-0.2, 0) is 6.18 Å². The molecule has 7 heteroatoms. The molecule has 2 unspecified atom stereocenters. The highest BCUT2D eigenvalue weighted by atomic mass is 19.4. The fourth-order valence-corrected chi connectivity index (χ4v) is 3.01. The molecule has 1 aliphatic carbocycles. The molecular formula is C14H21F3N4. The minimum Gasteiger partial charge on any atom is -0.368 e. The van der Waals surface area contributed by atoms with Gasteiger partial charge in [-0.3, -0.25) is 0 Å². The summed E-state index contributed by atoms with van der Waals surface area (Å²) in [4.78, 5) is 7.14. The zero-order valence-corrected chi connectivity index (χ0v) is 12.2. The first-order chi connectivity index (χ1) is 9.77. The van der Waals surface area contributed by atoms with Gasteiger partial charge in [0.2, 0.25) is 5.95 Å². The summed E-state index contributed by atoms with van der Waals surface area (Å²) in [5.74, 6) is 0.713. The van der Waals surface area contributed by atoms with E-state index in [1.807, 2.05) is 0 Å². The topological polar surface area (TPSA) is 63.8 Å². The van der Waals surface area contributed by atoms with Crippen molar-refractivity contribution in [1.29, 1.82) is 0 Å². The lowest BCUT2D eigenvalue weighted by molar-refractivity contribution is -0.141. The summed E-state index contributed by atoms with van der Waals surface area (Å²) in [7, 11) is 0. The number of hydrogen-bond donors (Lipinski definition) is 2. The average molecular weight is 302 g/mol. The van der Waals surface area contributed by atoms with Crippen LogP contribution < -0.4 is 11.1 Å². The first kappa shape index (κ1) is 15.9.